The Hall–Kier alpha value is -2.54. The molecule has 1 N–H and O–H groups in total. The second kappa shape index (κ2) is 4.54. The number of pyridine rings is 1. The van der Waals surface area contributed by atoms with Crippen LogP contribution in [0.5, 0.6) is 5.75 Å². The third-order valence-corrected chi connectivity index (χ3v) is 2.43. The number of benzene rings is 1. The van der Waals surface area contributed by atoms with Gasteiger partial charge in [0.1, 0.15) is 11.8 Å². The summed E-state index contributed by atoms with van der Waals surface area (Å²) in [5.41, 5.74) is 1.59. The van der Waals surface area contributed by atoms with Crippen molar-refractivity contribution in [3.8, 4) is 22.9 Å². The number of H-pyrrole nitrogens is 1. The number of nitrogens with zero attached hydrogens (tertiary/aromatic N) is 1. The molecule has 0 amide bonds. The maximum absolute atomic E-state index is 11.3. The van der Waals surface area contributed by atoms with Crippen LogP contribution in [0.25, 0.3) is 11.1 Å². The zero-order valence-corrected chi connectivity index (χ0v) is 9.23. The lowest BCUT2D eigenvalue weighted by atomic mass is 10.0. The fourth-order valence-corrected chi connectivity index (χ4v) is 1.59. The van der Waals surface area contributed by atoms with Crippen molar-refractivity contribution in [2.45, 2.75) is 0 Å². The van der Waals surface area contributed by atoms with Crippen LogP contribution in [0.4, 0.5) is 0 Å². The standard InChI is InChI=1S/C13H10N2O2/c1-17-11-4-2-3-9(5-11)12-6-13(16)15-8-10(12)7-14/h2-6,8H,1H3,(H,15,16). The van der Waals surface area contributed by atoms with E-state index in [9.17, 15) is 4.79 Å². The Kier molecular flexibility index (Phi) is 2.93. The summed E-state index contributed by atoms with van der Waals surface area (Å²) >= 11 is 0. The molecule has 0 radical (unpaired) electrons. The molecule has 1 aromatic heterocycles. The Morgan fingerprint density at radius 2 is 2.18 bits per heavy atom. The van der Waals surface area contributed by atoms with Gasteiger partial charge < -0.3 is 9.72 Å². The second-order valence-electron chi connectivity index (χ2n) is 3.47. The van der Waals surface area contributed by atoms with Crippen molar-refractivity contribution in [3.05, 3.63) is 52.4 Å². The average molecular weight is 226 g/mol. The molecule has 0 spiro atoms. The Balaban J connectivity index is 2.63. The van der Waals surface area contributed by atoms with Gasteiger partial charge in [-0.15, -0.1) is 0 Å². The fraction of sp³-hybridized carbons (Fsp3) is 0.0769. The Labute approximate surface area is 98.1 Å². The minimum atomic E-state index is -0.234. The molecule has 0 aliphatic rings. The number of hydrogen-bond donors (Lipinski definition) is 1. The van der Waals surface area contributed by atoms with Crippen LogP contribution in [-0.2, 0) is 0 Å². The van der Waals surface area contributed by atoms with Crippen LogP contribution in [-0.4, -0.2) is 12.1 Å². The highest BCUT2D eigenvalue weighted by Gasteiger charge is 2.06. The number of aromatic nitrogens is 1. The SMILES string of the molecule is COc1cccc(-c2cc(=O)[nH]cc2C#N)c1. The Morgan fingerprint density at radius 1 is 1.35 bits per heavy atom. The van der Waals surface area contributed by atoms with E-state index in [1.807, 2.05) is 24.3 Å². The number of hydrogen-bond acceptors (Lipinski definition) is 3. The fourth-order valence-electron chi connectivity index (χ4n) is 1.59. The van der Waals surface area contributed by atoms with E-state index >= 15 is 0 Å². The first-order valence-corrected chi connectivity index (χ1v) is 5.02. The van der Waals surface area contributed by atoms with Gasteiger partial charge in [-0.3, -0.25) is 4.79 Å². The van der Waals surface area contributed by atoms with Crippen LogP contribution in [0.1, 0.15) is 5.56 Å². The van der Waals surface area contributed by atoms with Crippen LogP contribution in [0, 0.1) is 11.3 Å². The number of ether oxygens (including phenoxy) is 1. The highest BCUT2D eigenvalue weighted by Crippen LogP contribution is 2.24. The third kappa shape index (κ3) is 2.18. The van der Waals surface area contributed by atoms with Gasteiger partial charge >= 0.3 is 0 Å². The molecule has 1 heterocycles. The zero-order valence-electron chi connectivity index (χ0n) is 9.23. The molecule has 4 nitrogen and oxygen atoms in total. The lowest BCUT2D eigenvalue weighted by molar-refractivity contribution is 0.415. The van der Waals surface area contributed by atoms with Crippen molar-refractivity contribution in [1.82, 2.24) is 4.98 Å². The molecule has 84 valence electrons. The number of aromatic amines is 1. The first-order chi connectivity index (χ1) is 8.24. The third-order valence-electron chi connectivity index (χ3n) is 2.43. The van der Waals surface area contributed by atoms with Gasteiger partial charge in [-0.25, -0.2) is 0 Å². The maximum atomic E-state index is 11.3. The summed E-state index contributed by atoms with van der Waals surface area (Å²) in [6.07, 6.45) is 1.41. The van der Waals surface area contributed by atoms with Gasteiger partial charge in [0.2, 0.25) is 5.56 Å². The van der Waals surface area contributed by atoms with Crippen LogP contribution in [0.3, 0.4) is 0 Å². The molecule has 0 saturated heterocycles. The average Bonchev–Trinajstić information content (AvgIpc) is 2.39. The van der Waals surface area contributed by atoms with E-state index < -0.39 is 0 Å². The predicted molar refractivity (Wildman–Crippen MR) is 63.8 cm³/mol. The minimum Gasteiger partial charge on any atom is -0.497 e. The molecular weight excluding hydrogens is 216 g/mol. The molecule has 4 heteroatoms. The minimum absolute atomic E-state index is 0.234. The van der Waals surface area contributed by atoms with Crippen LogP contribution in [0.15, 0.2) is 41.3 Å². The van der Waals surface area contributed by atoms with Crippen LogP contribution < -0.4 is 10.3 Å². The van der Waals surface area contributed by atoms with Gasteiger partial charge in [-0.2, -0.15) is 5.26 Å². The number of nitriles is 1. The largest absolute Gasteiger partial charge is 0.497 e. The molecule has 17 heavy (non-hydrogen) atoms. The highest BCUT2D eigenvalue weighted by atomic mass is 16.5. The van der Waals surface area contributed by atoms with Gasteiger partial charge in [-0.1, -0.05) is 12.1 Å². The number of methoxy groups -OCH3 is 1. The molecule has 0 aliphatic heterocycles. The van der Waals surface area contributed by atoms with Gasteiger partial charge in [0.15, 0.2) is 0 Å². The molecule has 2 aromatic rings. The topological polar surface area (TPSA) is 65.9 Å². The smallest absolute Gasteiger partial charge is 0.248 e. The van der Waals surface area contributed by atoms with E-state index in [0.29, 0.717) is 16.9 Å². The van der Waals surface area contributed by atoms with Crippen molar-refractivity contribution >= 4 is 0 Å². The lowest BCUT2D eigenvalue weighted by Gasteiger charge is -2.05. The normalized spacial score (nSPS) is 9.65. The molecule has 0 atom stereocenters. The predicted octanol–water partition coefficient (Wildman–Crippen LogP) is 1.92. The van der Waals surface area contributed by atoms with Crippen molar-refractivity contribution < 1.29 is 4.74 Å². The Bertz CT molecular complexity index is 638. The summed E-state index contributed by atoms with van der Waals surface area (Å²) in [7, 11) is 1.57. The Morgan fingerprint density at radius 3 is 2.88 bits per heavy atom. The van der Waals surface area contributed by atoms with Crippen LogP contribution in [0.2, 0.25) is 0 Å². The van der Waals surface area contributed by atoms with Gasteiger partial charge in [0, 0.05) is 17.8 Å². The molecule has 0 unspecified atom stereocenters. The summed E-state index contributed by atoms with van der Waals surface area (Å²) in [4.78, 5) is 13.8. The van der Waals surface area contributed by atoms with E-state index in [0.717, 1.165) is 5.56 Å². The van der Waals surface area contributed by atoms with Gasteiger partial charge in [0.25, 0.3) is 0 Å². The van der Waals surface area contributed by atoms with Crippen molar-refractivity contribution in [2.24, 2.45) is 0 Å². The number of rotatable bonds is 2. The molecular formula is C13H10N2O2. The first-order valence-electron chi connectivity index (χ1n) is 5.02. The summed E-state index contributed by atoms with van der Waals surface area (Å²) in [6.45, 7) is 0. The molecule has 2 rings (SSSR count). The van der Waals surface area contributed by atoms with E-state index in [4.69, 9.17) is 10.00 Å². The number of nitrogens with one attached hydrogen (secondary N) is 1. The molecule has 0 saturated carbocycles. The van der Waals surface area contributed by atoms with E-state index in [-0.39, 0.29) is 5.56 Å². The van der Waals surface area contributed by atoms with Gasteiger partial charge in [0.05, 0.1) is 12.7 Å². The highest BCUT2D eigenvalue weighted by molar-refractivity contribution is 5.70. The second-order valence-corrected chi connectivity index (χ2v) is 3.47. The summed E-state index contributed by atoms with van der Waals surface area (Å²) in [5.74, 6) is 0.687. The van der Waals surface area contributed by atoms with E-state index in [2.05, 4.69) is 4.98 Å². The molecule has 0 aliphatic carbocycles. The first kappa shape index (κ1) is 11.0. The molecule has 0 bridgehead atoms. The molecule has 0 fully saturated rings. The quantitative estimate of drug-likeness (QED) is 0.850. The zero-order chi connectivity index (χ0) is 12.3. The van der Waals surface area contributed by atoms with E-state index in [1.165, 1.54) is 12.3 Å². The summed E-state index contributed by atoms with van der Waals surface area (Å²) in [5, 5.41) is 8.99. The lowest BCUT2D eigenvalue weighted by Crippen LogP contribution is -2.04. The van der Waals surface area contributed by atoms with Crippen molar-refractivity contribution in [1.29, 1.82) is 5.26 Å². The van der Waals surface area contributed by atoms with Crippen molar-refractivity contribution in [3.63, 3.8) is 0 Å². The molecule has 1 aromatic carbocycles. The monoisotopic (exact) mass is 226 g/mol. The van der Waals surface area contributed by atoms with Crippen molar-refractivity contribution in [2.75, 3.05) is 7.11 Å². The summed E-state index contributed by atoms with van der Waals surface area (Å²) in [6, 6.07) is 10.7. The summed E-state index contributed by atoms with van der Waals surface area (Å²) < 4.78 is 5.11. The van der Waals surface area contributed by atoms with Gasteiger partial charge in [-0.05, 0) is 17.7 Å². The van der Waals surface area contributed by atoms with E-state index in [1.54, 1.807) is 13.2 Å². The maximum Gasteiger partial charge on any atom is 0.248 e. The van der Waals surface area contributed by atoms with Crippen LogP contribution >= 0.6 is 0 Å².